The Morgan fingerprint density at radius 1 is 1.55 bits per heavy atom. The number of aryl methyl sites for hydroxylation is 1. The lowest BCUT2D eigenvalue weighted by Crippen LogP contribution is -2.47. The van der Waals surface area contributed by atoms with Crippen LogP contribution in [-0.4, -0.2) is 29.1 Å². The van der Waals surface area contributed by atoms with Crippen LogP contribution in [0.1, 0.15) is 37.4 Å². The first-order chi connectivity index (χ1) is 9.21. The van der Waals surface area contributed by atoms with Gasteiger partial charge >= 0.3 is 0 Å². The highest BCUT2D eigenvalue weighted by molar-refractivity contribution is 5.85. The van der Waals surface area contributed by atoms with Crippen molar-refractivity contribution in [3.05, 3.63) is 11.7 Å². The van der Waals surface area contributed by atoms with Crippen LogP contribution in [0.5, 0.6) is 0 Å². The van der Waals surface area contributed by atoms with Gasteiger partial charge in [0.25, 0.3) is 0 Å². The highest BCUT2D eigenvalue weighted by atomic mass is 35.5. The van der Waals surface area contributed by atoms with Crippen LogP contribution in [0.3, 0.4) is 0 Å². The van der Waals surface area contributed by atoms with Crippen molar-refractivity contribution in [3.63, 3.8) is 0 Å². The molecule has 1 saturated carbocycles. The fourth-order valence-corrected chi connectivity index (χ4v) is 3.44. The Kier molecular flexibility index (Phi) is 4.65. The second-order valence-electron chi connectivity index (χ2n) is 5.64. The van der Waals surface area contributed by atoms with Crippen LogP contribution in [0.25, 0.3) is 0 Å². The standard InChI is InChI=1S/C13H20N4O2.ClH/c1-9-16-11(17-19-9)7-15-12(18)13-5-3-2-4-10(13)6-14-8-13;/h10,14H,2-8H2,1H3,(H,15,18);1H/t10-,13+;/m0./s1. The average molecular weight is 301 g/mol. The summed E-state index contributed by atoms with van der Waals surface area (Å²) in [7, 11) is 0. The summed E-state index contributed by atoms with van der Waals surface area (Å²) in [6, 6.07) is 0. The maximum absolute atomic E-state index is 12.5. The minimum absolute atomic E-state index is 0. The molecule has 2 fully saturated rings. The number of fused-ring (bicyclic) bond motifs is 1. The van der Waals surface area contributed by atoms with Crippen LogP contribution in [0, 0.1) is 18.3 Å². The molecule has 3 rings (SSSR count). The Labute approximate surface area is 124 Å². The van der Waals surface area contributed by atoms with E-state index in [1.807, 2.05) is 0 Å². The van der Waals surface area contributed by atoms with E-state index in [0.717, 1.165) is 32.4 Å². The van der Waals surface area contributed by atoms with Gasteiger partial charge in [-0.25, -0.2) is 0 Å². The van der Waals surface area contributed by atoms with Crippen LogP contribution in [0.15, 0.2) is 4.52 Å². The molecule has 0 unspecified atom stereocenters. The second kappa shape index (κ2) is 6.10. The fraction of sp³-hybridized carbons (Fsp3) is 0.769. The number of carbonyl (C=O) groups excluding carboxylic acids is 1. The van der Waals surface area contributed by atoms with Gasteiger partial charge in [0.2, 0.25) is 11.8 Å². The number of amides is 1. The first kappa shape index (κ1) is 15.3. The third-order valence-corrected chi connectivity index (χ3v) is 4.47. The molecule has 0 bridgehead atoms. The quantitative estimate of drug-likeness (QED) is 0.876. The molecular formula is C13H21ClN4O2. The van der Waals surface area contributed by atoms with Gasteiger partial charge in [-0.3, -0.25) is 4.79 Å². The third kappa shape index (κ3) is 2.67. The van der Waals surface area contributed by atoms with Gasteiger partial charge in [0.15, 0.2) is 5.82 Å². The zero-order valence-corrected chi connectivity index (χ0v) is 12.5. The molecule has 1 aromatic heterocycles. The average Bonchev–Trinajstić information content (AvgIpc) is 3.02. The SMILES string of the molecule is Cc1nc(CNC(=O)[C@@]23CCCC[C@H]2CNC3)no1.Cl. The normalized spacial score (nSPS) is 28.6. The molecule has 1 amide bonds. The molecule has 2 aliphatic rings. The second-order valence-corrected chi connectivity index (χ2v) is 5.64. The van der Waals surface area contributed by atoms with Crippen molar-refractivity contribution in [1.82, 2.24) is 20.8 Å². The van der Waals surface area contributed by atoms with Crippen LogP contribution >= 0.6 is 12.4 Å². The van der Waals surface area contributed by atoms with E-state index >= 15 is 0 Å². The monoisotopic (exact) mass is 300 g/mol. The summed E-state index contributed by atoms with van der Waals surface area (Å²) in [5.41, 5.74) is -0.211. The molecule has 112 valence electrons. The van der Waals surface area contributed by atoms with E-state index in [1.165, 1.54) is 6.42 Å². The van der Waals surface area contributed by atoms with E-state index in [1.54, 1.807) is 6.92 Å². The molecule has 0 spiro atoms. The molecule has 2 heterocycles. The Morgan fingerprint density at radius 2 is 2.40 bits per heavy atom. The van der Waals surface area contributed by atoms with Crippen LogP contribution in [-0.2, 0) is 11.3 Å². The first-order valence-corrected chi connectivity index (χ1v) is 6.99. The summed E-state index contributed by atoms with van der Waals surface area (Å²) >= 11 is 0. The van der Waals surface area contributed by atoms with Gasteiger partial charge in [0.05, 0.1) is 12.0 Å². The maximum Gasteiger partial charge on any atom is 0.228 e. The van der Waals surface area contributed by atoms with Crippen molar-refractivity contribution in [2.24, 2.45) is 11.3 Å². The Balaban J connectivity index is 0.00000147. The summed E-state index contributed by atoms with van der Waals surface area (Å²) in [5.74, 6) is 1.69. The zero-order chi connectivity index (χ0) is 13.3. The largest absolute Gasteiger partial charge is 0.348 e. The van der Waals surface area contributed by atoms with E-state index in [2.05, 4.69) is 20.8 Å². The summed E-state index contributed by atoms with van der Waals surface area (Å²) in [6.07, 6.45) is 4.53. The van der Waals surface area contributed by atoms with Crippen molar-refractivity contribution in [1.29, 1.82) is 0 Å². The molecule has 7 heteroatoms. The lowest BCUT2D eigenvalue weighted by atomic mass is 9.67. The Hall–Kier alpha value is -1.14. The van der Waals surface area contributed by atoms with E-state index in [4.69, 9.17) is 4.52 Å². The molecule has 6 nitrogen and oxygen atoms in total. The number of rotatable bonds is 3. The summed E-state index contributed by atoms with van der Waals surface area (Å²) in [4.78, 5) is 16.6. The third-order valence-electron chi connectivity index (χ3n) is 4.47. The molecule has 1 saturated heterocycles. The smallest absolute Gasteiger partial charge is 0.228 e. The minimum Gasteiger partial charge on any atom is -0.348 e. The van der Waals surface area contributed by atoms with Crippen molar-refractivity contribution in [2.45, 2.75) is 39.2 Å². The van der Waals surface area contributed by atoms with Crippen LogP contribution in [0.2, 0.25) is 0 Å². The number of nitrogens with one attached hydrogen (secondary N) is 2. The first-order valence-electron chi connectivity index (χ1n) is 6.99. The van der Waals surface area contributed by atoms with Crippen molar-refractivity contribution < 1.29 is 9.32 Å². The highest BCUT2D eigenvalue weighted by Gasteiger charge is 2.49. The predicted octanol–water partition coefficient (Wildman–Crippen LogP) is 1.20. The molecule has 20 heavy (non-hydrogen) atoms. The molecule has 2 atom stereocenters. The van der Waals surface area contributed by atoms with Gasteiger partial charge in [-0.15, -0.1) is 12.4 Å². The number of hydrogen-bond acceptors (Lipinski definition) is 5. The number of aromatic nitrogens is 2. The van der Waals surface area contributed by atoms with Crippen LogP contribution < -0.4 is 10.6 Å². The molecule has 0 aromatic carbocycles. The molecule has 1 aliphatic heterocycles. The number of halogens is 1. The van der Waals surface area contributed by atoms with Crippen molar-refractivity contribution in [3.8, 4) is 0 Å². The Bertz CT molecular complexity index is 479. The maximum atomic E-state index is 12.5. The molecule has 1 aromatic rings. The summed E-state index contributed by atoms with van der Waals surface area (Å²) < 4.78 is 4.90. The van der Waals surface area contributed by atoms with E-state index < -0.39 is 0 Å². The lowest BCUT2D eigenvalue weighted by molar-refractivity contribution is -0.134. The molecular weight excluding hydrogens is 280 g/mol. The molecule has 2 N–H and O–H groups in total. The molecule has 1 aliphatic carbocycles. The highest BCUT2D eigenvalue weighted by Crippen LogP contribution is 2.43. The Morgan fingerprint density at radius 3 is 3.15 bits per heavy atom. The summed E-state index contributed by atoms with van der Waals surface area (Å²) in [5, 5.41) is 10.2. The van der Waals surface area contributed by atoms with Gasteiger partial charge in [-0.1, -0.05) is 18.0 Å². The molecule has 0 radical (unpaired) electrons. The van der Waals surface area contributed by atoms with Gasteiger partial charge in [-0.2, -0.15) is 4.98 Å². The fourth-order valence-electron chi connectivity index (χ4n) is 3.44. The van der Waals surface area contributed by atoms with Gasteiger partial charge in [0.1, 0.15) is 0 Å². The van der Waals surface area contributed by atoms with E-state index in [-0.39, 0.29) is 23.7 Å². The van der Waals surface area contributed by atoms with Gasteiger partial charge in [0, 0.05) is 13.5 Å². The van der Waals surface area contributed by atoms with Crippen molar-refractivity contribution in [2.75, 3.05) is 13.1 Å². The summed E-state index contributed by atoms with van der Waals surface area (Å²) in [6.45, 7) is 3.86. The van der Waals surface area contributed by atoms with Gasteiger partial charge < -0.3 is 15.2 Å². The topological polar surface area (TPSA) is 80.0 Å². The predicted molar refractivity (Wildman–Crippen MR) is 75.4 cm³/mol. The number of hydrogen-bond donors (Lipinski definition) is 2. The van der Waals surface area contributed by atoms with E-state index in [0.29, 0.717) is 24.2 Å². The number of carbonyl (C=O) groups is 1. The number of nitrogens with zero attached hydrogens (tertiary/aromatic N) is 2. The zero-order valence-electron chi connectivity index (χ0n) is 11.6. The van der Waals surface area contributed by atoms with E-state index in [9.17, 15) is 4.79 Å². The lowest BCUT2D eigenvalue weighted by Gasteiger charge is -2.36. The minimum atomic E-state index is -0.211. The van der Waals surface area contributed by atoms with Crippen molar-refractivity contribution >= 4 is 18.3 Å². The van der Waals surface area contributed by atoms with Crippen LogP contribution in [0.4, 0.5) is 0 Å². The van der Waals surface area contributed by atoms with Gasteiger partial charge in [-0.05, 0) is 25.3 Å².